The molecule has 0 amide bonds. The van der Waals surface area contributed by atoms with Gasteiger partial charge in [-0.15, -0.1) is 0 Å². The highest BCUT2D eigenvalue weighted by Gasteiger charge is 2.23. The lowest BCUT2D eigenvalue weighted by atomic mass is 9.93. The number of aliphatic imine (C=N–C) groups is 2. The van der Waals surface area contributed by atoms with Crippen molar-refractivity contribution >= 4 is 77.0 Å². The van der Waals surface area contributed by atoms with Crippen LogP contribution >= 0.6 is 0 Å². The largest absolute Gasteiger partial charge is 0.454 e. The number of hydrogen-bond acceptors (Lipinski definition) is 2. The Morgan fingerprint density at radius 2 is 1.24 bits per heavy atom. The average molecular weight is 759 g/mol. The first-order chi connectivity index (χ1) is 29.1. The summed E-state index contributed by atoms with van der Waals surface area (Å²) < 4.78 is 9.24. The van der Waals surface area contributed by atoms with Gasteiger partial charge in [0.05, 0.1) is 22.8 Å². The molecule has 0 bridgehead atoms. The van der Waals surface area contributed by atoms with Gasteiger partial charge in [0.15, 0.2) is 11.4 Å². The molecule has 0 saturated carbocycles. The Kier molecular flexibility index (Phi) is 8.19. The topological polar surface area (TPSA) is 68.8 Å². The number of aromatic nitrogens is 1. The number of rotatable bonds is 6. The maximum absolute atomic E-state index is 7.07. The van der Waals surface area contributed by atoms with E-state index in [9.17, 15) is 0 Å². The van der Waals surface area contributed by atoms with Crippen molar-refractivity contribution in [3.63, 3.8) is 0 Å². The van der Waals surface area contributed by atoms with Crippen molar-refractivity contribution in [3.8, 4) is 16.8 Å². The Morgan fingerprint density at radius 3 is 2.07 bits per heavy atom. The molecule has 5 nitrogen and oxygen atoms in total. The van der Waals surface area contributed by atoms with Crippen molar-refractivity contribution in [2.75, 3.05) is 0 Å². The minimum atomic E-state index is -0.162. The van der Waals surface area contributed by atoms with Crippen LogP contribution in [0, 0.1) is 0 Å². The fourth-order valence-electron chi connectivity index (χ4n) is 8.83. The van der Waals surface area contributed by atoms with Crippen molar-refractivity contribution < 1.29 is 4.42 Å². The number of hydrogen-bond donors (Lipinski definition) is 1. The van der Waals surface area contributed by atoms with Crippen LogP contribution in [-0.4, -0.2) is 16.2 Å². The molecule has 1 atom stereocenters. The first kappa shape index (κ1) is 34.5. The summed E-state index contributed by atoms with van der Waals surface area (Å²) in [5.41, 5.74) is 17.0. The highest BCUT2D eigenvalue weighted by molar-refractivity contribution is 6.25. The molecule has 1 unspecified atom stereocenters. The summed E-state index contributed by atoms with van der Waals surface area (Å²) in [5.74, 6) is 0.939. The number of benzene rings is 9. The Hall–Kier alpha value is -7.76. The molecule has 2 heterocycles. The van der Waals surface area contributed by atoms with Crippen LogP contribution in [0.5, 0.6) is 0 Å². The highest BCUT2D eigenvalue weighted by Crippen LogP contribution is 2.44. The predicted molar refractivity (Wildman–Crippen MR) is 247 cm³/mol. The molecule has 11 aromatic rings. The van der Waals surface area contributed by atoms with Gasteiger partial charge in [0, 0.05) is 32.7 Å². The Labute approximate surface area is 341 Å². The van der Waals surface area contributed by atoms with E-state index in [0.717, 1.165) is 55.3 Å². The van der Waals surface area contributed by atoms with Crippen molar-refractivity contribution in [1.29, 1.82) is 0 Å². The summed E-state index contributed by atoms with van der Waals surface area (Å²) in [4.78, 5) is 10.3. The van der Waals surface area contributed by atoms with Crippen molar-refractivity contribution in [2.24, 2.45) is 15.7 Å². The van der Waals surface area contributed by atoms with E-state index < -0.39 is 0 Å². The van der Waals surface area contributed by atoms with Crippen LogP contribution in [0.25, 0.3) is 82.1 Å². The first-order valence-electron chi connectivity index (χ1n) is 20.0. The average Bonchev–Trinajstić information content (AvgIpc) is 3.84. The predicted octanol–water partition coefficient (Wildman–Crippen LogP) is 13.6. The summed E-state index contributed by atoms with van der Waals surface area (Å²) in [5, 5.41) is 9.05. The molecule has 0 aliphatic heterocycles. The van der Waals surface area contributed by atoms with Crippen molar-refractivity contribution in [2.45, 2.75) is 13.0 Å². The summed E-state index contributed by atoms with van der Waals surface area (Å²) >= 11 is 0. The normalized spacial score (nSPS) is 13.0. The highest BCUT2D eigenvalue weighted by atomic mass is 16.3. The quantitative estimate of drug-likeness (QED) is 0.135. The second-order valence-electron chi connectivity index (χ2n) is 15.1. The third-order valence-electron chi connectivity index (χ3n) is 11.6. The van der Waals surface area contributed by atoms with E-state index in [1.807, 2.05) is 48.5 Å². The van der Waals surface area contributed by atoms with Crippen LogP contribution in [0.4, 0.5) is 0 Å². The van der Waals surface area contributed by atoms with Crippen molar-refractivity contribution in [3.05, 3.63) is 211 Å². The molecular weight excluding hydrogens is 721 g/mol. The van der Waals surface area contributed by atoms with Gasteiger partial charge in [-0.1, -0.05) is 164 Å². The molecule has 0 radical (unpaired) electrons. The molecule has 11 rings (SSSR count). The SMILES string of the molecule is CC(/N=C(\N=C(/N)c1cccc2oc3c(-n4c5ccccc5c5c(-c6ccccc6)c6ccccc6cc54)cccc3c12)c1ccccc1)c1ccc2ccccc2c1. The van der Waals surface area contributed by atoms with Crippen LogP contribution in [0.1, 0.15) is 29.7 Å². The monoisotopic (exact) mass is 758 g/mol. The van der Waals surface area contributed by atoms with Gasteiger partial charge < -0.3 is 14.7 Å². The maximum atomic E-state index is 7.07. The van der Waals surface area contributed by atoms with Gasteiger partial charge in [0.1, 0.15) is 11.4 Å². The van der Waals surface area contributed by atoms with Gasteiger partial charge >= 0.3 is 0 Å². The van der Waals surface area contributed by atoms with Crippen molar-refractivity contribution in [1.82, 2.24) is 4.57 Å². The zero-order chi connectivity index (χ0) is 39.5. The van der Waals surface area contributed by atoms with Crippen LogP contribution in [0.3, 0.4) is 0 Å². The lowest BCUT2D eigenvalue weighted by molar-refractivity contribution is 0.666. The van der Waals surface area contributed by atoms with E-state index in [-0.39, 0.29) is 6.04 Å². The molecule has 0 fully saturated rings. The fourth-order valence-corrected chi connectivity index (χ4v) is 8.83. The zero-order valence-corrected chi connectivity index (χ0v) is 32.4. The number of amidine groups is 2. The summed E-state index contributed by atoms with van der Waals surface area (Å²) in [7, 11) is 0. The van der Waals surface area contributed by atoms with Crippen LogP contribution in [-0.2, 0) is 0 Å². The lowest BCUT2D eigenvalue weighted by Gasteiger charge is -2.12. The molecule has 0 aliphatic rings. The van der Waals surface area contributed by atoms with Crippen LogP contribution < -0.4 is 5.73 Å². The van der Waals surface area contributed by atoms with Gasteiger partial charge in [-0.05, 0) is 75.5 Å². The smallest absolute Gasteiger partial charge is 0.159 e. The summed E-state index contributed by atoms with van der Waals surface area (Å²) in [6.45, 7) is 2.10. The van der Waals surface area contributed by atoms with Crippen LogP contribution in [0.2, 0.25) is 0 Å². The third-order valence-corrected chi connectivity index (χ3v) is 11.6. The van der Waals surface area contributed by atoms with Gasteiger partial charge in [-0.25, -0.2) is 4.99 Å². The summed E-state index contributed by atoms with van der Waals surface area (Å²) in [6.07, 6.45) is 0. The first-order valence-corrected chi connectivity index (χ1v) is 20.0. The second-order valence-corrected chi connectivity index (χ2v) is 15.1. The molecule has 59 heavy (non-hydrogen) atoms. The minimum absolute atomic E-state index is 0.162. The Bertz CT molecular complexity index is 3470. The molecule has 0 saturated heterocycles. The molecule has 2 N–H and O–H groups in total. The maximum Gasteiger partial charge on any atom is 0.159 e. The van der Waals surface area contributed by atoms with E-state index in [4.69, 9.17) is 20.1 Å². The van der Waals surface area contributed by atoms with E-state index >= 15 is 0 Å². The molecule has 2 aromatic heterocycles. The van der Waals surface area contributed by atoms with E-state index in [1.54, 1.807) is 0 Å². The Balaban J connectivity index is 1.10. The zero-order valence-electron chi connectivity index (χ0n) is 32.4. The van der Waals surface area contributed by atoms with Gasteiger partial charge in [-0.2, -0.15) is 0 Å². The molecule has 5 heteroatoms. The standard InChI is InChI=1S/C54H38N4O/c1-34(38-31-30-35-16-8-9-21-39(35)32-38)56-54(37-19-6-3-7-20-37)57-53(55)44-26-15-29-48-50(44)43-25-14-28-46(52(43)59-48)58-45-27-13-12-24-42(45)51-47(58)33-40-22-10-11-23-41(40)49(51)36-17-4-2-5-18-36/h2-34H,1H3,(H2,55,56,57). The Morgan fingerprint density at radius 1 is 0.559 bits per heavy atom. The number of nitrogens with two attached hydrogens (primary N) is 1. The summed E-state index contributed by atoms with van der Waals surface area (Å²) in [6, 6.07) is 67.6. The van der Waals surface area contributed by atoms with Gasteiger partial charge in [0.25, 0.3) is 0 Å². The van der Waals surface area contributed by atoms with E-state index in [1.165, 1.54) is 43.4 Å². The van der Waals surface area contributed by atoms with E-state index in [0.29, 0.717) is 11.7 Å². The number of fused-ring (bicyclic) bond motifs is 8. The number of furan rings is 1. The third kappa shape index (κ3) is 5.78. The number of para-hydroxylation sites is 2. The van der Waals surface area contributed by atoms with Gasteiger partial charge in [-0.3, -0.25) is 4.99 Å². The van der Waals surface area contributed by atoms with E-state index in [2.05, 4.69) is 157 Å². The molecule has 0 aliphatic carbocycles. The number of nitrogens with zero attached hydrogens (tertiary/aromatic N) is 3. The molecule has 280 valence electrons. The molecule has 0 spiro atoms. The molecular formula is C54H38N4O. The van der Waals surface area contributed by atoms with Gasteiger partial charge in [0.2, 0.25) is 0 Å². The minimum Gasteiger partial charge on any atom is -0.454 e. The molecule has 9 aromatic carbocycles. The van der Waals surface area contributed by atoms with Crippen LogP contribution in [0.15, 0.2) is 209 Å². The fraction of sp³-hybridized carbons (Fsp3) is 0.0370. The second kappa shape index (κ2) is 14.0. The lowest BCUT2D eigenvalue weighted by Crippen LogP contribution is -2.17.